The van der Waals surface area contributed by atoms with Crippen molar-refractivity contribution in [3.05, 3.63) is 21.9 Å². The van der Waals surface area contributed by atoms with Crippen molar-refractivity contribution in [3.8, 4) is 0 Å². The molecule has 0 saturated heterocycles. The average molecular weight is 211 g/mol. The summed E-state index contributed by atoms with van der Waals surface area (Å²) in [6.07, 6.45) is 0.874. The molecule has 1 aliphatic rings. The molecule has 0 radical (unpaired) electrons. The molecule has 1 aromatic heterocycles. The second-order valence-electron chi connectivity index (χ2n) is 3.72. The molecule has 0 aromatic carbocycles. The normalized spacial score (nSPS) is 30.1. The minimum Gasteiger partial charge on any atom is -0.467 e. The zero-order chi connectivity index (χ0) is 10.3. The Kier molecular flexibility index (Phi) is 2.12. The largest absolute Gasteiger partial charge is 0.467 e. The summed E-state index contributed by atoms with van der Waals surface area (Å²) in [6, 6.07) is 1.93. The SMILES string of the molecule is COC(=O)C1(N)c2ccsc2CC1C. The molecule has 1 aliphatic carbocycles. The maximum atomic E-state index is 11.7. The van der Waals surface area contributed by atoms with Gasteiger partial charge < -0.3 is 10.5 Å². The molecule has 0 amide bonds. The lowest BCUT2D eigenvalue weighted by Crippen LogP contribution is -2.48. The van der Waals surface area contributed by atoms with E-state index in [1.807, 2.05) is 18.4 Å². The Morgan fingerprint density at radius 1 is 1.79 bits per heavy atom. The lowest BCUT2D eigenvalue weighted by Gasteiger charge is -2.26. The molecule has 3 nitrogen and oxygen atoms in total. The fourth-order valence-electron chi connectivity index (χ4n) is 2.05. The van der Waals surface area contributed by atoms with Gasteiger partial charge in [0.15, 0.2) is 0 Å². The molecule has 2 N–H and O–H groups in total. The summed E-state index contributed by atoms with van der Waals surface area (Å²) in [4.78, 5) is 12.9. The Morgan fingerprint density at radius 3 is 3.14 bits per heavy atom. The van der Waals surface area contributed by atoms with Gasteiger partial charge in [0.2, 0.25) is 0 Å². The summed E-state index contributed by atoms with van der Waals surface area (Å²) in [5, 5.41) is 1.97. The first-order valence-corrected chi connectivity index (χ1v) is 5.42. The van der Waals surface area contributed by atoms with Crippen LogP contribution in [-0.2, 0) is 21.5 Å². The molecule has 0 fully saturated rings. The Hall–Kier alpha value is -0.870. The van der Waals surface area contributed by atoms with Crippen molar-refractivity contribution in [3.63, 3.8) is 0 Å². The summed E-state index contributed by atoms with van der Waals surface area (Å²) in [7, 11) is 1.38. The van der Waals surface area contributed by atoms with Crippen LogP contribution in [0, 0.1) is 5.92 Å². The minimum atomic E-state index is -0.927. The number of thiophene rings is 1. The number of nitrogens with two attached hydrogens (primary N) is 1. The van der Waals surface area contributed by atoms with Crippen LogP contribution in [0.4, 0.5) is 0 Å². The fourth-order valence-corrected chi connectivity index (χ4v) is 3.13. The van der Waals surface area contributed by atoms with E-state index >= 15 is 0 Å². The van der Waals surface area contributed by atoms with Crippen LogP contribution in [0.2, 0.25) is 0 Å². The maximum absolute atomic E-state index is 11.7. The molecular formula is C10H13NO2S. The summed E-state index contributed by atoms with van der Waals surface area (Å²) in [5.41, 5.74) is 6.16. The van der Waals surface area contributed by atoms with Crippen molar-refractivity contribution >= 4 is 17.3 Å². The number of carbonyl (C=O) groups excluding carboxylic acids is 1. The van der Waals surface area contributed by atoms with Crippen molar-refractivity contribution in [1.29, 1.82) is 0 Å². The van der Waals surface area contributed by atoms with E-state index < -0.39 is 5.54 Å². The van der Waals surface area contributed by atoms with Gasteiger partial charge in [-0.25, -0.2) is 4.79 Å². The molecule has 0 bridgehead atoms. The number of ether oxygens (including phenoxy) is 1. The van der Waals surface area contributed by atoms with Crippen molar-refractivity contribution in [1.82, 2.24) is 0 Å². The average Bonchev–Trinajstić information content (AvgIpc) is 2.70. The van der Waals surface area contributed by atoms with Gasteiger partial charge in [-0.2, -0.15) is 0 Å². The molecule has 4 heteroatoms. The Morgan fingerprint density at radius 2 is 2.50 bits per heavy atom. The van der Waals surface area contributed by atoms with Crippen LogP contribution >= 0.6 is 11.3 Å². The van der Waals surface area contributed by atoms with Crippen molar-refractivity contribution in [2.24, 2.45) is 11.7 Å². The number of methoxy groups -OCH3 is 1. The highest BCUT2D eigenvalue weighted by atomic mass is 32.1. The third kappa shape index (κ3) is 1.04. The lowest BCUT2D eigenvalue weighted by molar-refractivity contribution is -0.149. The number of rotatable bonds is 1. The van der Waals surface area contributed by atoms with E-state index in [4.69, 9.17) is 10.5 Å². The van der Waals surface area contributed by atoms with E-state index in [0.29, 0.717) is 0 Å². The van der Waals surface area contributed by atoms with Gasteiger partial charge in [0.25, 0.3) is 0 Å². The molecule has 1 heterocycles. The predicted octanol–water partition coefficient (Wildman–Crippen LogP) is 1.27. The molecule has 2 rings (SSSR count). The second-order valence-corrected chi connectivity index (χ2v) is 4.72. The van der Waals surface area contributed by atoms with E-state index in [1.165, 1.54) is 12.0 Å². The molecule has 2 unspecified atom stereocenters. The van der Waals surface area contributed by atoms with Crippen LogP contribution in [0.3, 0.4) is 0 Å². The Bertz CT molecular complexity index is 374. The van der Waals surface area contributed by atoms with Crippen LogP contribution in [0.15, 0.2) is 11.4 Å². The van der Waals surface area contributed by atoms with Gasteiger partial charge in [0, 0.05) is 4.88 Å². The van der Waals surface area contributed by atoms with Crippen LogP contribution in [-0.4, -0.2) is 13.1 Å². The van der Waals surface area contributed by atoms with Crippen LogP contribution in [0.5, 0.6) is 0 Å². The fraction of sp³-hybridized carbons (Fsp3) is 0.500. The van der Waals surface area contributed by atoms with Gasteiger partial charge in [0.1, 0.15) is 5.54 Å². The second kappa shape index (κ2) is 3.07. The Labute approximate surface area is 86.9 Å². The molecule has 76 valence electrons. The minimum absolute atomic E-state index is 0.123. The smallest absolute Gasteiger partial charge is 0.330 e. The Balaban J connectivity index is 2.49. The molecule has 2 atom stereocenters. The van der Waals surface area contributed by atoms with Gasteiger partial charge in [-0.05, 0) is 29.3 Å². The molecule has 0 saturated carbocycles. The molecular weight excluding hydrogens is 198 g/mol. The van der Waals surface area contributed by atoms with Crippen LogP contribution in [0.25, 0.3) is 0 Å². The zero-order valence-electron chi connectivity index (χ0n) is 8.24. The zero-order valence-corrected chi connectivity index (χ0v) is 9.06. The van der Waals surface area contributed by atoms with Gasteiger partial charge in [-0.1, -0.05) is 6.92 Å². The van der Waals surface area contributed by atoms with Crippen molar-refractivity contribution < 1.29 is 9.53 Å². The topological polar surface area (TPSA) is 52.3 Å². The predicted molar refractivity (Wildman–Crippen MR) is 55.1 cm³/mol. The number of hydrogen-bond donors (Lipinski definition) is 1. The van der Waals surface area contributed by atoms with Crippen molar-refractivity contribution in [2.45, 2.75) is 18.9 Å². The van der Waals surface area contributed by atoms with Crippen molar-refractivity contribution in [2.75, 3.05) is 7.11 Å². The third-order valence-electron chi connectivity index (χ3n) is 2.98. The highest BCUT2D eigenvalue weighted by Crippen LogP contribution is 2.42. The van der Waals surface area contributed by atoms with Crippen LogP contribution < -0.4 is 5.73 Å². The monoisotopic (exact) mass is 211 g/mol. The summed E-state index contributed by atoms with van der Waals surface area (Å²) in [5.74, 6) is -0.209. The summed E-state index contributed by atoms with van der Waals surface area (Å²) >= 11 is 1.66. The number of esters is 1. The lowest BCUT2D eigenvalue weighted by atomic mass is 9.86. The highest BCUT2D eigenvalue weighted by Gasteiger charge is 2.49. The van der Waals surface area contributed by atoms with E-state index in [0.717, 1.165) is 12.0 Å². The van der Waals surface area contributed by atoms with E-state index in [9.17, 15) is 4.79 Å². The van der Waals surface area contributed by atoms with E-state index in [1.54, 1.807) is 11.3 Å². The molecule has 1 aromatic rings. The highest BCUT2D eigenvalue weighted by molar-refractivity contribution is 7.10. The maximum Gasteiger partial charge on any atom is 0.330 e. The molecule has 0 spiro atoms. The van der Waals surface area contributed by atoms with Gasteiger partial charge in [0.05, 0.1) is 7.11 Å². The molecule has 0 aliphatic heterocycles. The number of fused-ring (bicyclic) bond motifs is 1. The summed E-state index contributed by atoms with van der Waals surface area (Å²) in [6.45, 7) is 1.99. The van der Waals surface area contributed by atoms with E-state index in [-0.39, 0.29) is 11.9 Å². The first kappa shape index (κ1) is 9.68. The van der Waals surface area contributed by atoms with Gasteiger partial charge >= 0.3 is 5.97 Å². The van der Waals surface area contributed by atoms with E-state index in [2.05, 4.69) is 0 Å². The van der Waals surface area contributed by atoms with Gasteiger partial charge in [-0.3, -0.25) is 0 Å². The van der Waals surface area contributed by atoms with Crippen LogP contribution in [0.1, 0.15) is 17.4 Å². The summed E-state index contributed by atoms with van der Waals surface area (Å²) < 4.78 is 4.77. The first-order chi connectivity index (χ1) is 6.60. The third-order valence-corrected chi connectivity index (χ3v) is 3.93. The molecule has 14 heavy (non-hydrogen) atoms. The number of carbonyl (C=O) groups is 1. The van der Waals surface area contributed by atoms with Gasteiger partial charge in [-0.15, -0.1) is 11.3 Å². The first-order valence-electron chi connectivity index (χ1n) is 4.54. The standard InChI is InChI=1S/C10H13NO2S/c1-6-5-8-7(3-4-14-8)10(6,11)9(12)13-2/h3-4,6H,5,11H2,1-2H3. The quantitative estimate of drug-likeness (QED) is 0.712. The number of hydrogen-bond acceptors (Lipinski definition) is 4.